The number of rotatable bonds is 4. The summed E-state index contributed by atoms with van der Waals surface area (Å²) in [7, 11) is 0. The number of carboxylic acids is 1. The first-order valence-corrected chi connectivity index (χ1v) is 10.6. The minimum Gasteiger partial charge on any atom is -0.508 e. The van der Waals surface area contributed by atoms with E-state index in [2.05, 4.69) is 0 Å². The summed E-state index contributed by atoms with van der Waals surface area (Å²) in [6.45, 7) is 1.48. The number of carbonyl (C=O) groups excluding carboxylic acids is 2. The number of phenols is 1. The molecule has 1 saturated carbocycles. The molecule has 2 fully saturated rings. The molecule has 3 atom stereocenters. The molecule has 0 aromatic heterocycles. The topological polar surface area (TPSA) is 98.2 Å². The number of aliphatic carboxylic acids is 1. The average molecular weight is 400 g/mol. The molecule has 1 aromatic carbocycles. The first-order chi connectivity index (χ1) is 14.0. The fourth-order valence-corrected chi connectivity index (χ4v) is 5.25. The van der Waals surface area contributed by atoms with Crippen LogP contribution in [0, 0.1) is 11.8 Å². The molecule has 1 saturated heterocycles. The average Bonchev–Trinajstić information content (AvgIpc) is 3.12. The predicted octanol–water partition coefficient (Wildman–Crippen LogP) is 2.33. The maximum atomic E-state index is 13.5. The maximum Gasteiger partial charge on any atom is 0.307 e. The Kier molecular flexibility index (Phi) is 5.48. The molecule has 156 valence electrons. The Morgan fingerprint density at radius 1 is 1.03 bits per heavy atom. The Labute approximate surface area is 170 Å². The molecule has 1 aliphatic carbocycles. The third kappa shape index (κ3) is 3.70. The van der Waals surface area contributed by atoms with Gasteiger partial charge < -0.3 is 20.0 Å². The van der Waals surface area contributed by atoms with E-state index in [0.29, 0.717) is 50.9 Å². The van der Waals surface area contributed by atoms with Gasteiger partial charge in [-0.15, -0.1) is 0 Å². The predicted molar refractivity (Wildman–Crippen MR) is 105 cm³/mol. The van der Waals surface area contributed by atoms with Crippen LogP contribution in [0.5, 0.6) is 5.75 Å². The van der Waals surface area contributed by atoms with Crippen molar-refractivity contribution in [2.45, 2.75) is 51.0 Å². The van der Waals surface area contributed by atoms with E-state index in [0.717, 1.165) is 24.8 Å². The Bertz CT molecular complexity index is 823. The highest BCUT2D eigenvalue weighted by Crippen LogP contribution is 2.40. The lowest BCUT2D eigenvalue weighted by Crippen LogP contribution is -2.49. The van der Waals surface area contributed by atoms with Crippen LogP contribution in [0.4, 0.5) is 0 Å². The van der Waals surface area contributed by atoms with Crippen LogP contribution in [0.25, 0.3) is 0 Å². The normalized spacial score (nSPS) is 27.0. The Hall–Kier alpha value is -2.57. The van der Waals surface area contributed by atoms with E-state index in [1.807, 2.05) is 6.07 Å². The second kappa shape index (κ2) is 8.05. The number of carbonyl (C=O) groups is 3. The van der Waals surface area contributed by atoms with Crippen molar-refractivity contribution in [1.82, 2.24) is 9.80 Å². The minimum atomic E-state index is -0.908. The standard InChI is InChI=1S/C22H28N2O5/c25-18-8-3-5-14-10-12-24(17(20(14)18)13-23-11-4-9-19(23)26)21(27)15-6-1-2-7-16(15)22(28)29/h3,5,8,15-17,25H,1-2,4,6-7,9-13H2,(H,28,29)/t15?,16?,17-/m1/s1. The highest BCUT2D eigenvalue weighted by Gasteiger charge is 2.42. The molecule has 3 aliphatic rings. The number of fused-ring (bicyclic) bond motifs is 1. The number of carboxylic acid groups (broad SMARTS) is 1. The molecule has 2 amide bonds. The van der Waals surface area contributed by atoms with Crippen LogP contribution in [0.1, 0.15) is 55.7 Å². The molecule has 29 heavy (non-hydrogen) atoms. The molecule has 0 spiro atoms. The zero-order valence-corrected chi connectivity index (χ0v) is 16.5. The van der Waals surface area contributed by atoms with Crippen molar-refractivity contribution in [3.63, 3.8) is 0 Å². The smallest absolute Gasteiger partial charge is 0.307 e. The number of benzene rings is 1. The zero-order chi connectivity index (χ0) is 20.5. The summed E-state index contributed by atoms with van der Waals surface area (Å²) in [6.07, 6.45) is 4.71. The van der Waals surface area contributed by atoms with Crippen molar-refractivity contribution in [3.05, 3.63) is 29.3 Å². The summed E-state index contributed by atoms with van der Waals surface area (Å²) >= 11 is 0. The molecule has 0 bridgehead atoms. The molecule has 7 heteroatoms. The van der Waals surface area contributed by atoms with Crippen molar-refractivity contribution in [2.75, 3.05) is 19.6 Å². The van der Waals surface area contributed by atoms with Crippen molar-refractivity contribution in [1.29, 1.82) is 0 Å². The van der Waals surface area contributed by atoms with Crippen LogP contribution in [0.3, 0.4) is 0 Å². The summed E-state index contributed by atoms with van der Waals surface area (Å²) in [5, 5.41) is 20.2. The zero-order valence-electron chi connectivity index (χ0n) is 16.5. The van der Waals surface area contributed by atoms with E-state index in [9.17, 15) is 24.6 Å². The van der Waals surface area contributed by atoms with E-state index in [1.54, 1.807) is 21.9 Å². The van der Waals surface area contributed by atoms with Gasteiger partial charge in [-0.2, -0.15) is 0 Å². The van der Waals surface area contributed by atoms with E-state index < -0.39 is 23.8 Å². The Morgan fingerprint density at radius 3 is 2.48 bits per heavy atom. The van der Waals surface area contributed by atoms with E-state index in [4.69, 9.17) is 0 Å². The first kappa shape index (κ1) is 19.7. The third-order valence-electron chi connectivity index (χ3n) is 6.75. The summed E-state index contributed by atoms with van der Waals surface area (Å²) in [5.41, 5.74) is 1.69. The minimum absolute atomic E-state index is 0.0704. The van der Waals surface area contributed by atoms with Crippen LogP contribution in [0.2, 0.25) is 0 Å². The fourth-order valence-electron chi connectivity index (χ4n) is 5.25. The van der Waals surface area contributed by atoms with E-state index in [1.165, 1.54) is 0 Å². The number of aromatic hydroxyl groups is 1. The molecule has 2 N–H and O–H groups in total. The lowest BCUT2D eigenvalue weighted by Gasteiger charge is -2.42. The van der Waals surface area contributed by atoms with Gasteiger partial charge in [0.15, 0.2) is 0 Å². The molecule has 2 unspecified atom stereocenters. The molecule has 2 aliphatic heterocycles. The number of nitrogens with zero attached hydrogens (tertiary/aromatic N) is 2. The highest BCUT2D eigenvalue weighted by molar-refractivity contribution is 5.86. The van der Waals surface area contributed by atoms with Crippen molar-refractivity contribution in [3.8, 4) is 5.75 Å². The van der Waals surface area contributed by atoms with Gasteiger partial charge in [0.05, 0.1) is 17.9 Å². The van der Waals surface area contributed by atoms with Gasteiger partial charge in [0.25, 0.3) is 0 Å². The number of hydrogen-bond acceptors (Lipinski definition) is 4. The van der Waals surface area contributed by atoms with Gasteiger partial charge in [-0.05, 0) is 37.3 Å². The van der Waals surface area contributed by atoms with Crippen molar-refractivity contribution in [2.24, 2.45) is 11.8 Å². The van der Waals surface area contributed by atoms with Crippen molar-refractivity contribution >= 4 is 17.8 Å². The van der Waals surface area contributed by atoms with Gasteiger partial charge in [-0.25, -0.2) is 0 Å². The second-order valence-corrected chi connectivity index (χ2v) is 8.43. The molecular weight excluding hydrogens is 372 g/mol. The van der Waals surface area contributed by atoms with Crippen LogP contribution in [-0.2, 0) is 20.8 Å². The monoisotopic (exact) mass is 400 g/mol. The van der Waals surface area contributed by atoms with Gasteiger partial charge in [0.1, 0.15) is 5.75 Å². The molecule has 2 heterocycles. The van der Waals surface area contributed by atoms with Gasteiger partial charge >= 0.3 is 5.97 Å². The highest BCUT2D eigenvalue weighted by atomic mass is 16.4. The summed E-state index contributed by atoms with van der Waals surface area (Å²) < 4.78 is 0. The Morgan fingerprint density at radius 2 is 1.79 bits per heavy atom. The maximum absolute atomic E-state index is 13.5. The van der Waals surface area contributed by atoms with Crippen LogP contribution in [-0.4, -0.2) is 57.4 Å². The van der Waals surface area contributed by atoms with Crippen LogP contribution in [0.15, 0.2) is 18.2 Å². The lowest BCUT2D eigenvalue weighted by molar-refractivity contribution is -0.154. The molecule has 4 rings (SSSR count). The first-order valence-electron chi connectivity index (χ1n) is 10.6. The largest absolute Gasteiger partial charge is 0.508 e. The molecule has 1 aromatic rings. The van der Waals surface area contributed by atoms with Gasteiger partial charge in [-0.1, -0.05) is 25.0 Å². The molecular formula is C22H28N2O5. The summed E-state index contributed by atoms with van der Waals surface area (Å²) in [6, 6.07) is 4.93. The number of amides is 2. The van der Waals surface area contributed by atoms with Gasteiger partial charge in [0, 0.05) is 31.6 Å². The fraction of sp³-hybridized carbons (Fsp3) is 0.591. The summed E-state index contributed by atoms with van der Waals surface area (Å²) in [5.74, 6) is -2.05. The third-order valence-corrected chi connectivity index (χ3v) is 6.75. The van der Waals surface area contributed by atoms with Crippen LogP contribution >= 0.6 is 0 Å². The van der Waals surface area contributed by atoms with Crippen molar-refractivity contribution < 1.29 is 24.6 Å². The van der Waals surface area contributed by atoms with E-state index in [-0.39, 0.29) is 17.6 Å². The summed E-state index contributed by atoms with van der Waals surface area (Å²) in [4.78, 5) is 41.0. The van der Waals surface area contributed by atoms with E-state index >= 15 is 0 Å². The SMILES string of the molecule is O=C(O)C1CCCCC1C(=O)N1CCc2cccc(O)c2[C@H]1CN1CCCC1=O. The van der Waals surface area contributed by atoms with Gasteiger partial charge in [-0.3, -0.25) is 14.4 Å². The number of phenolic OH excluding ortho intramolecular Hbond substituents is 1. The second-order valence-electron chi connectivity index (χ2n) is 8.43. The Balaban J connectivity index is 1.67. The molecule has 0 radical (unpaired) electrons. The lowest BCUT2D eigenvalue weighted by atomic mass is 9.77. The number of likely N-dealkylation sites (tertiary alicyclic amines) is 1. The molecule has 7 nitrogen and oxygen atoms in total. The number of hydrogen-bond donors (Lipinski definition) is 2. The van der Waals surface area contributed by atoms with Crippen LogP contribution < -0.4 is 0 Å². The quantitative estimate of drug-likeness (QED) is 0.808. The van der Waals surface area contributed by atoms with Gasteiger partial charge in [0.2, 0.25) is 11.8 Å².